The van der Waals surface area contributed by atoms with E-state index in [-0.39, 0.29) is 6.04 Å². The van der Waals surface area contributed by atoms with Gasteiger partial charge in [-0.1, -0.05) is 6.07 Å². The zero-order chi connectivity index (χ0) is 14.1. The van der Waals surface area contributed by atoms with Crippen molar-refractivity contribution in [3.05, 3.63) is 45.8 Å². The lowest BCUT2D eigenvalue weighted by Gasteiger charge is -2.11. The maximum atomic E-state index is 4.47. The van der Waals surface area contributed by atoms with E-state index in [1.165, 1.54) is 4.88 Å². The first-order chi connectivity index (χ1) is 9.65. The number of aryl methyl sites for hydroxylation is 2. The first-order valence-corrected chi connectivity index (χ1v) is 7.43. The molecular formula is C14H17N5S. The third kappa shape index (κ3) is 2.44. The van der Waals surface area contributed by atoms with Gasteiger partial charge in [-0.05, 0) is 32.9 Å². The first-order valence-electron chi connectivity index (χ1n) is 6.61. The highest BCUT2D eigenvalue weighted by atomic mass is 32.1. The lowest BCUT2D eigenvalue weighted by atomic mass is 10.2. The van der Waals surface area contributed by atoms with Gasteiger partial charge in [-0.25, -0.2) is 4.98 Å². The van der Waals surface area contributed by atoms with Crippen LogP contribution in [0.1, 0.15) is 34.4 Å². The summed E-state index contributed by atoms with van der Waals surface area (Å²) in [4.78, 5) is 5.76. The minimum Gasteiger partial charge on any atom is -0.302 e. The van der Waals surface area contributed by atoms with E-state index in [2.05, 4.69) is 34.3 Å². The Balaban J connectivity index is 1.74. The number of pyridine rings is 1. The Bertz CT molecular complexity index is 730. The summed E-state index contributed by atoms with van der Waals surface area (Å²) in [6.07, 6.45) is 1.99. The third-order valence-corrected chi connectivity index (χ3v) is 4.54. The zero-order valence-electron chi connectivity index (χ0n) is 11.8. The molecule has 0 aliphatic heterocycles. The van der Waals surface area contributed by atoms with Crippen LogP contribution in [0.4, 0.5) is 0 Å². The first kappa shape index (κ1) is 13.2. The summed E-state index contributed by atoms with van der Waals surface area (Å²) in [6, 6.07) is 6.17. The van der Waals surface area contributed by atoms with Gasteiger partial charge in [0.05, 0.1) is 17.2 Å². The number of hydrogen-bond acceptors (Lipinski definition) is 5. The van der Waals surface area contributed by atoms with Gasteiger partial charge in [-0.2, -0.15) is 0 Å². The van der Waals surface area contributed by atoms with Gasteiger partial charge in [0, 0.05) is 17.1 Å². The summed E-state index contributed by atoms with van der Waals surface area (Å²) < 4.78 is 2.00. The van der Waals surface area contributed by atoms with E-state index >= 15 is 0 Å². The number of nitrogens with one attached hydrogen (secondary N) is 1. The molecule has 3 aromatic rings. The molecule has 3 aromatic heterocycles. The van der Waals surface area contributed by atoms with Crippen molar-refractivity contribution in [1.29, 1.82) is 0 Å². The predicted octanol–water partition coefficient (Wildman–Crippen LogP) is 2.65. The molecule has 0 radical (unpaired) electrons. The molecule has 0 saturated carbocycles. The normalized spacial score (nSPS) is 12.9. The SMILES string of the molecule is Cc1nc(C)c(C(C)NCc2nnc3ccccn23)s1. The predicted molar refractivity (Wildman–Crippen MR) is 79.8 cm³/mol. The van der Waals surface area contributed by atoms with E-state index in [1.54, 1.807) is 11.3 Å². The number of nitrogens with zero attached hydrogens (tertiary/aromatic N) is 4. The summed E-state index contributed by atoms with van der Waals surface area (Å²) in [7, 11) is 0. The molecule has 1 N–H and O–H groups in total. The Morgan fingerprint density at radius 3 is 2.90 bits per heavy atom. The van der Waals surface area contributed by atoms with Crippen LogP contribution in [0.5, 0.6) is 0 Å². The van der Waals surface area contributed by atoms with Crippen molar-refractivity contribution in [3.8, 4) is 0 Å². The minimum atomic E-state index is 0.261. The fourth-order valence-electron chi connectivity index (χ4n) is 2.30. The second-order valence-electron chi connectivity index (χ2n) is 4.83. The van der Waals surface area contributed by atoms with Crippen LogP contribution >= 0.6 is 11.3 Å². The van der Waals surface area contributed by atoms with Crippen LogP contribution in [0.2, 0.25) is 0 Å². The van der Waals surface area contributed by atoms with E-state index < -0.39 is 0 Å². The van der Waals surface area contributed by atoms with Crippen LogP contribution < -0.4 is 5.32 Å². The summed E-state index contributed by atoms with van der Waals surface area (Å²) in [5, 5.41) is 13.0. The van der Waals surface area contributed by atoms with Gasteiger partial charge in [-0.15, -0.1) is 21.5 Å². The molecule has 1 unspecified atom stereocenters. The second kappa shape index (κ2) is 5.30. The molecule has 0 bridgehead atoms. The molecule has 3 heterocycles. The molecule has 0 aromatic carbocycles. The Labute approximate surface area is 121 Å². The van der Waals surface area contributed by atoms with Crippen LogP contribution in [0, 0.1) is 13.8 Å². The van der Waals surface area contributed by atoms with E-state index in [1.807, 2.05) is 35.7 Å². The van der Waals surface area contributed by atoms with Crippen LogP contribution in [0.25, 0.3) is 5.65 Å². The minimum absolute atomic E-state index is 0.261. The number of thiazole rings is 1. The van der Waals surface area contributed by atoms with Gasteiger partial charge in [0.1, 0.15) is 0 Å². The fraction of sp³-hybridized carbons (Fsp3) is 0.357. The highest BCUT2D eigenvalue weighted by Gasteiger charge is 2.13. The van der Waals surface area contributed by atoms with Gasteiger partial charge in [0.2, 0.25) is 0 Å². The molecule has 104 valence electrons. The van der Waals surface area contributed by atoms with Crippen LogP contribution in [0.3, 0.4) is 0 Å². The molecule has 1 atom stereocenters. The molecule has 3 rings (SSSR count). The quantitative estimate of drug-likeness (QED) is 0.801. The van der Waals surface area contributed by atoms with Crippen LogP contribution in [-0.4, -0.2) is 19.6 Å². The molecular weight excluding hydrogens is 270 g/mol. The highest BCUT2D eigenvalue weighted by Crippen LogP contribution is 2.24. The lowest BCUT2D eigenvalue weighted by Crippen LogP contribution is -2.19. The van der Waals surface area contributed by atoms with Gasteiger partial charge in [-0.3, -0.25) is 4.40 Å². The molecule has 0 amide bonds. The Kier molecular flexibility index (Phi) is 3.50. The summed E-state index contributed by atoms with van der Waals surface area (Å²) in [5.74, 6) is 0.923. The summed E-state index contributed by atoms with van der Waals surface area (Å²) in [6.45, 7) is 6.94. The van der Waals surface area contributed by atoms with E-state index in [9.17, 15) is 0 Å². The van der Waals surface area contributed by atoms with Crippen molar-refractivity contribution in [1.82, 2.24) is 24.9 Å². The topological polar surface area (TPSA) is 55.1 Å². The fourth-order valence-corrected chi connectivity index (χ4v) is 3.25. The third-order valence-electron chi connectivity index (χ3n) is 3.28. The van der Waals surface area contributed by atoms with E-state index in [4.69, 9.17) is 0 Å². The number of rotatable bonds is 4. The monoisotopic (exact) mass is 287 g/mol. The van der Waals surface area contributed by atoms with Crippen molar-refractivity contribution < 1.29 is 0 Å². The molecule has 6 heteroatoms. The standard InChI is InChI=1S/C14H17N5S/c1-9(14-10(2)16-11(3)20-14)15-8-13-18-17-12-6-4-5-7-19(12)13/h4-7,9,15H,8H2,1-3H3. The molecule has 0 saturated heterocycles. The van der Waals surface area contributed by atoms with E-state index in [0.29, 0.717) is 6.54 Å². The molecule has 0 aliphatic rings. The summed E-state index contributed by atoms with van der Waals surface area (Å²) >= 11 is 1.75. The second-order valence-corrected chi connectivity index (χ2v) is 6.06. The van der Waals surface area contributed by atoms with Crippen molar-refractivity contribution >= 4 is 17.0 Å². The molecule has 5 nitrogen and oxygen atoms in total. The van der Waals surface area contributed by atoms with E-state index in [0.717, 1.165) is 22.2 Å². The van der Waals surface area contributed by atoms with Crippen LogP contribution in [0.15, 0.2) is 24.4 Å². The van der Waals surface area contributed by atoms with Crippen molar-refractivity contribution in [2.24, 2.45) is 0 Å². The molecule has 0 aliphatic carbocycles. The number of aromatic nitrogens is 4. The molecule has 0 fully saturated rings. The van der Waals surface area contributed by atoms with Crippen molar-refractivity contribution in [3.63, 3.8) is 0 Å². The Morgan fingerprint density at radius 2 is 2.15 bits per heavy atom. The highest BCUT2D eigenvalue weighted by molar-refractivity contribution is 7.11. The Morgan fingerprint density at radius 1 is 1.30 bits per heavy atom. The van der Waals surface area contributed by atoms with Crippen molar-refractivity contribution in [2.75, 3.05) is 0 Å². The largest absolute Gasteiger partial charge is 0.302 e. The summed E-state index contributed by atoms with van der Waals surface area (Å²) in [5.41, 5.74) is 1.99. The maximum absolute atomic E-state index is 4.47. The smallest absolute Gasteiger partial charge is 0.160 e. The average Bonchev–Trinajstić information content (AvgIpc) is 2.99. The lowest BCUT2D eigenvalue weighted by molar-refractivity contribution is 0.560. The van der Waals surface area contributed by atoms with Gasteiger partial charge < -0.3 is 5.32 Å². The molecule has 0 spiro atoms. The number of hydrogen-bond donors (Lipinski definition) is 1. The number of fused-ring (bicyclic) bond motifs is 1. The van der Waals surface area contributed by atoms with Gasteiger partial charge in [0.25, 0.3) is 0 Å². The molecule has 20 heavy (non-hydrogen) atoms. The average molecular weight is 287 g/mol. The van der Waals surface area contributed by atoms with Gasteiger partial charge >= 0.3 is 0 Å². The maximum Gasteiger partial charge on any atom is 0.160 e. The zero-order valence-corrected chi connectivity index (χ0v) is 12.6. The van der Waals surface area contributed by atoms with Crippen LogP contribution in [-0.2, 0) is 6.54 Å². The van der Waals surface area contributed by atoms with Gasteiger partial charge in [0.15, 0.2) is 11.5 Å². The Hall–Kier alpha value is -1.79. The van der Waals surface area contributed by atoms with Crippen molar-refractivity contribution in [2.45, 2.75) is 33.4 Å².